The molecule has 0 aliphatic rings. The summed E-state index contributed by atoms with van der Waals surface area (Å²) in [6, 6.07) is 7.29. The Labute approximate surface area is 136 Å². The first-order chi connectivity index (χ1) is 11.5. The van der Waals surface area contributed by atoms with Crippen molar-refractivity contribution in [1.29, 1.82) is 0 Å². The van der Waals surface area contributed by atoms with Gasteiger partial charge in [0.1, 0.15) is 29.1 Å². The summed E-state index contributed by atoms with van der Waals surface area (Å²) in [5.74, 6) is -0.851. The van der Waals surface area contributed by atoms with E-state index in [1.807, 2.05) is 0 Å². The highest BCUT2D eigenvalue weighted by molar-refractivity contribution is 5.87. The molecule has 0 fully saturated rings. The Morgan fingerprint density at radius 2 is 2.17 bits per heavy atom. The van der Waals surface area contributed by atoms with E-state index in [1.165, 1.54) is 30.4 Å². The molecule has 9 nitrogen and oxygen atoms in total. The maximum atomic E-state index is 11.8. The van der Waals surface area contributed by atoms with Crippen molar-refractivity contribution >= 4 is 24.0 Å². The van der Waals surface area contributed by atoms with Crippen LogP contribution in [0.1, 0.15) is 21.9 Å². The van der Waals surface area contributed by atoms with Gasteiger partial charge in [0.15, 0.2) is 0 Å². The van der Waals surface area contributed by atoms with Crippen molar-refractivity contribution in [1.82, 2.24) is 4.98 Å². The zero-order chi connectivity index (χ0) is 17.5. The summed E-state index contributed by atoms with van der Waals surface area (Å²) in [5, 5.41) is 28.3. The van der Waals surface area contributed by atoms with Crippen LogP contribution in [0.3, 0.4) is 0 Å². The fourth-order valence-corrected chi connectivity index (χ4v) is 1.65. The highest BCUT2D eigenvalue weighted by Crippen LogP contribution is 2.17. The van der Waals surface area contributed by atoms with Gasteiger partial charge in [-0.05, 0) is 30.4 Å². The minimum atomic E-state index is -1.15. The van der Waals surface area contributed by atoms with Crippen molar-refractivity contribution in [2.45, 2.75) is 6.10 Å². The van der Waals surface area contributed by atoms with Gasteiger partial charge in [0.25, 0.3) is 0 Å². The number of nitro groups is 1. The van der Waals surface area contributed by atoms with E-state index in [0.717, 1.165) is 0 Å². The highest BCUT2D eigenvalue weighted by atomic mass is 16.6. The van der Waals surface area contributed by atoms with Gasteiger partial charge in [0.05, 0.1) is 18.4 Å². The van der Waals surface area contributed by atoms with Crippen molar-refractivity contribution in [3.63, 3.8) is 0 Å². The van der Waals surface area contributed by atoms with Gasteiger partial charge < -0.3 is 19.4 Å². The number of pyridine rings is 1. The molecule has 1 unspecified atom stereocenters. The number of carbonyl (C=O) groups excluding carboxylic acids is 1. The fraction of sp³-hybridized carbons (Fsp3) is 0.200. The van der Waals surface area contributed by atoms with Gasteiger partial charge in [0, 0.05) is 0 Å². The molecule has 2 N–H and O–H groups in total. The number of esters is 1. The molecule has 24 heavy (non-hydrogen) atoms. The lowest BCUT2D eigenvalue weighted by molar-refractivity contribution is -0.402. The van der Waals surface area contributed by atoms with Crippen LogP contribution in [0, 0.1) is 10.1 Å². The zero-order valence-corrected chi connectivity index (χ0v) is 12.4. The van der Waals surface area contributed by atoms with Crippen LogP contribution in [0.4, 0.5) is 5.88 Å². The molecule has 126 valence electrons. The Balaban J connectivity index is 2.05. The number of hydrogen-bond donors (Lipinski definition) is 2. The molecular weight excluding hydrogens is 320 g/mol. The van der Waals surface area contributed by atoms with E-state index in [-0.39, 0.29) is 23.9 Å². The Morgan fingerprint density at radius 1 is 1.38 bits per heavy atom. The third-order valence-corrected chi connectivity index (χ3v) is 2.81. The largest absolute Gasteiger partial charge is 0.458 e. The van der Waals surface area contributed by atoms with E-state index in [4.69, 9.17) is 19.4 Å². The van der Waals surface area contributed by atoms with Gasteiger partial charge >= 0.3 is 11.9 Å². The SMILES string of the molecule is O=C(OCC(O)CO)c1cccc(C=Cc2ccc([N+](=O)[O-])o2)n1. The molecule has 0 amide bonds. The van der Waals surface area contributed by atoms with Gasteiger partial charge in [-0.15, -0.1) is 0 Å². The number of ether oxygens (including phenoxy) is 1. The second-order valence-electron chi connectivity index (χ2n) is 4.65. The second kappa shape index (κ2) is 7.99. The van der Waals surface area contributed by atoms with Gasteiger partial charge in [-0.25, -0.2) is 9.78 Å². The summed E-state index contributed by atoms with van der Waals surface area (Å²) in [7, 11) is 0. The summed E-state index contributed by atoms with van der Waals surface area (Å²) in [6.45, 7) is -0.855. The van der Waals surface area contributed by atoms with Crippen molar-refractivity contribution in [3.8, 4) is 0 Å². The second-order valence-corrected chi connectivity index (χ2v) is 4.65. The van der Waals surface area contributed by atoms with Crippen LogP contribution in [0.25, 0.3) is 12.2 Å². The molecule has 1 atom stereocenters. The van der Waals surface area contributed by atoms with Crippen LogP contribution >= 0.6 is 0 Å². The smallest absolute Gasteiger partial charge is 0.433 e. The molecule has 0 aliphatic carbocycles. The summed E-state index contributed by atoms with van der Waals surface area (Å²) >= 11 is 0. The van der Waals surface area contributed by atoms with E-state index in [1.54, 1.807) is 12.1 Å². The number of nitrogens with zero attached hydrogens (tertiary/aromatic N) is 2. The molecule has 0 aromatic carbocycles. The fourth-order valence-electron chi connectivity index (χ4n) is 1.65. The number of aliphatic hydroxyl groups is 2. The van der Waals surface area contributed by atoms with Crippen molar-refractivity contribution < 1.29 is 29.1 Å². The number of aromatic nitrogens is 1. The average Bonchev–Trinajstić information content (AvgIpc) is 3.07. The number of carbonyl (C=O) groups is 1. The zero-order valence-electron chi connectivity index (χ0n) is 12.4. The Hall–Kier alpha value is -3.04. The van der Waals surface area contributed by atoms with Crippen LogP contribution in [-0.2, 0) is 4.74 Å². The van der Waals surface area contributed by atoms with Crippen molar-refractivity contribution in [2.75, 3.05) is 13.2 Å². The van der Waals surface area contributed by atoms with Crippen LogP contribution < -0.4 is 0 Å². The highest BCUT2D eigenvalue weighted by Gasteiger charge is 2.12. The third-order valence-electron chi connectivity index (χ3n) is 2.81. The Bertz CT molecular complexity index is 754. The quantitative estimate of drug-likeness (QED) is 0.439. The predicted octanol–water partition coefficient (Wildman–Crippen LogP) is 1.26. The summed E-state index contributed by atoms with van der Waals surface area (Å²) in [4.78, 5) is 25.7. The maximum Gasteiger partial charge on any atom is 0.433 e. The number of aliphatic hydroxyl groups excluding tert-OH is 2. The average molecular weight is 334 g/mol. The van der Waals surface area contributed by atoms with Gasteiger partial charge in [0.2, 0.25) is 0 Å². The molecule has 0 bridgehead atoms. The Kier molecular flexibility index (Phi) is 5.77. The molecule has 2 aromatic heterocycles. The molecule has 0 aliphatic heterocycles. The van der Waals surface area contributed by atoms with Crippen LogP contribution in [0.5, 0.6) is 0 Å². The molecule has 2 aromatic rings. The van der Waals surface area contributed by atoms with Gasteiger partial charge in [-0.1, -0.05) is 6.07 Å². The first kappa shape index (κ1) is 17.3. The van der Waals surface area contributed by atoms with E-state index in [0.29, 0.717) is 5.69 Å². The molecule has 0 spiro atoms. The monoisotopic (exact) mass is 334 g/mol. The standard InChI is InChI=1S/C15H14N2O7/c18-8-11(19)9-23-15(20)13-3-1-2-10(16-13)4-5-12-6-7-14(24-12)17(21)22/h1-7,11,18-19H,8-9H2. The van der Waals surface area contributed by atoms with Crippen LogP contribution in [-0.4, -0.2) is 45.4 Å². The van der Waals surface area contributed by atoms with E-state index < -0.39 is 23.6 Å². The molecule has 0 radical (unpaired) electrons. The summed E-state index contributed by atoms with van der Waals surface area (Å²) in [5.41, 5.74) is 0.430. The number of hydrogen-bond acceptors (Lipinski definition) is 8. The van der Waals surface area contributed by atoms with Crippen molar-refractivity contribution in [2.24, 2.45) is 0 Å². The first-order valence-electron chi connectivity index (χ1n) is 6.85. The van der Waals surface area contributed by atoms with E-state index >= 15 is 0 Å². The third kappa shape index (κ3) is 4.73. The topological polar surface area (TPSA) is 136 Å². The molecule has 0 saturated heterocycles. The number of rotatable bonds is 7. The minimum absolute atomic E-state index is 0.0210. The Morgan fingerprint density at radius 3 is 2.83 bits per heavy atom. The van der Waals surface area contributed by atoms with E-state index in [9.17, 15) is 14.9 Å². The molecule has 2 rings (SSSR count). The molecule has 2 heterocycles. The first-order valence-corrected chi connectivity index (χ1v) is 6.85. The lowest BCUT2D eigenvalue weighted by Crippen LogP contribution is -2.22. The minimum Gasteiger partial charge on any atom is -0.458 e. The number of furan rings is 1. The molecule has 0 saturated carbocycles. The predicted molar refractivity (Wildman–Crippen MR) is 81.9 cm³/mol. The van der Waals surface area contributed by atoms with E-state index in [2.05, 4.69) is 4.98 Å². The molecular formula is C15H14N2O7. The van der Waals surface area contributed by atoms with Crippen molar-refractivity contribution in [3.05, 3.63) is 57.6 Å². The van der Waals surface area contributed by atoms with Gasteiger partial charge in [-0.3, -0.25) is 10.1 Å². The normalized spacial score (nSPS) is 12.2. The maximum absolute atomic E-state index is 11.8. The lowest BCUT2D eigenvalue weighted by Gasteiger charge is -2.08. The van der Waals surface area contributed by atoms with Crippen LogP contribution in [0.2, 0.25) is 0 Å². The van der Waals surface area contributed by atoms with Crippen LogP contribution in [0.15, 0.2) is 34.7 Å². The van der Waals surface area contributed by atoms with Gasteiger partial charge in [-0.2, -0.15) is 0 Å². The molecule has 9 heteroatoms. The summed E-state index contributed by atoms with van der Waals surface area (Å²) < 4.78 is 9.76. The summed E-state index contributed by atoms with van der Waals surface area (Å²) in [6.07, 6.45) is 1.84. The lowest BCUT2D eigenvalue weighted by atomic mass is 10.2.